The third-order valence-electron chi connectivity index (χ3n) is 3.65. The van der Waals surface area contributed by atoms with Crippen molar-refractivity contribution in [3.8, 4) is 5.75 Å². The van der Waals surface area contributed by atoms with E-state index in [2.05, 4.69) is 15.6 Å². The van der Waals surface area contributed by atoms with Gasteiger partial charge in [-0.1, -0.05) is 18.2 Å². The molecule has 0 amide bonds. The Labute approximate surface area is 158 Å². The van der Waals surface area contributed by atoms with Crippen molar-refractivity contribution in [2.45, 2.75) is 58.4 Å². The second-order valence-corrected chi connectivity index (χ2v) is 11.0. The molecule has 0 unspecified atom stereocenters. The van der Waals surface area contributed by atoms with Gasteiger partial charge in [0.25, 0.3) is 0 Å². The Bertz CT molecular complexity index is 714. The zero-order valence-corrected chi connectivity index (χ0v) is 17.8. The summed E-state index contributed by atoms with van der Waals surface area (Å²) in [6.45, 7) is 12.0. The van der Waals surface area contributed by atoms with E-state index >= 15 is 0 Å². The molecule has 0 aromatic heterocycles. The first-order valence-corrected chi connectivity index (χ1v) is 10.4. The number of hydrogen-bond acceptors (Lipinski definition) is 4. The summed E-state index contributed by atoms with van der Waals surface area (Å²) in [5, 5.41) is 6.26. The summed E-state index contributed by atoms with van der Waals surface area (Å²) >= 11 is 0. The fourth-order valence-corrected chi connectivity index (χ4v) is 3.07. The molecule has 0 fully saturated rings. The number of ether oxygens (including phenoxy) is 1. The van der Waals surface area contributed by atoms with Crippen LogP contribution in [0.15, 0.2) is 29.3 Å². The first-order valence-electron chi connectivity index (χ1n) is 8.79. The zero-order valence-electron chi connectivity index (χ0n) is 17.0. The van der Waals surface area contributed by atoms with Gasteiger partial charge in [-0.25, -0.2) is 8.42 Å². The summed E-state index contributed by atoms with van der Waals surface area (Å²) in [7, 11) is -1.50. The van der Waals surface area contributed by atoms with E-state index in [1.807, 2.05) is 45.0 Å². The van der Waals surface area contributed by atoms with Crippen LogP contribution in [0, 0.1) is 0 Å². The summed E-state index contributed by atoms with van der Waals surface area (Å²) in [6, 6.07) is 7.83. The Kier molecular flexibility index (Phi) is 7.50. The minimum atomic E-state index is -3.16. The Morgan fingerprint density at radius 2 is 1.69 bits per heavy atom. The van der Waals surface area contributed by atoms with Crippen LogP contribution < -0.4 is 15.4 Å². The molecule has 6 nitrogen and oxygen atoms in total. The van der Waals surface area contributed by atoms with Crippen molar-refractivity contribution < 1.29 is 13.2 Å². The van der Waals surface area contributed by atoms with E-state index in [9.17, 15) is 8.42 Å². The molecule has 2 N–H and O–H groups in total. The molecule has 0 saturated carbocycles. The highest BCUT2D eigenvalue weighted by molar-refractivity contribution is 7.92. The van der Waals surface area contributed by atoms with E-state index < -0.39 is 14.6 Å². The zero-order chi connectivity index (χ0) is 20.0. The monoisotopic (exact) mass is 383 g/mol. The molecule has 0 atom stereocenters. The number of aliphatic imine (C=N–C) groups is 1. The van der Waals surface area contributed by atoms with Gasteiger partial charge in [0.1, 0.15) is 11.4 Å². The van der Waals surface area contributed by atoms with E-state index in [0.717, 1.165) is 11.3 Å². The molecule has 0 saturated heterocycles. The lowest BCUT2D eigenvalue weighted by Gasteiger charge is -2.23. The van der Waals surface area contributed by atoms with Crippen LogP contribution in [0.4, 0.5) is 0 Å². The number of hydrogen-bond donors (Lipinski definition) is 2. The minimum Gasteiger partial charge on any atom is -0.488 e. The molecule has 0 aliphatic heterocycles. The maximum atomic E-state index is 12.2. The fraction of sp³-hybridized carbons (Fsp3) is 0.632. The highest BCUT2D eigenvalue weighted by Crippen LogP contribution is 2.22. The Balaban J connectivity index is 2.64. The maximum absolute atomic E-state index is 12.2. The van der Waals surface area contributed by atoms with Gasteiger partial charge >= 0.3 is 0 Å². The Morgan fingerprint density at radius 3 is 2.23 bits per heavy atom. The van der Waals surface area contributed by atoms with Gasteiger partial charge in [0.2, 0.25) is 0 Å². The molecular formula is C19H33N3O3S. The topological polar surface area (TPSA) is 79.8 Å². The lowest BCUT2D eigenvalue weighted by atomic mass is 10.1. The first-order chi connectivity index (χ1) is 11.9. The van der Waals surface area contributed by atoms with Gasteiger partial charge in [-0.2, -0.15) is 0 Å². The normalized spacial score (nSPS) is 13.4. The quantitative estimate of drug-likeness (QED) is 0.583. The third kappa shape index (κ3) is 7.23. The molecule has 0 radical (unpaired) electrons. The van der Waals surface area contributed by atoms with Crippen LogP contribution in [0.3, 0.4) is 0 Å². The van der Waals surface area contributed by atoms with Gasteiger partial charge in [0.15, 0.2) is 15.8 Å². The summed E-state index contributed by atoms with van der Waals surface area (Å²) in [5.74, 6) is 1.43. The molecule has 26 heavy (non-hydrogen) atoms. The van der Waals surface area contributed by atoms with Crippen LogP contribution in [0.2, 0.25) is 0 Å². The van der Waals surface area contributed by atoms with Crippen molar-refractivity contribution in [3.63, 3.8) is 0 Å². The lowest BCUT2D eigenvalue weighted by Crippen LogP contribution is -2.41. The van der Waals surface area contributed by atoms with Gasteiger partial charge in [-0.15, -0.1) is 0 Å². The smallest absolute Gasteiger partial charge is 0.191 e. The van der Waals surface area contributed by atoms with Crippen LogP contribution in [0.25, 0.3) is 0 Å². The SMILES string of the molecule is CN=C(NCCS(=O)(=O)C(C)(C)C)NCc1ccccc1OC(C)(C)C. The van der Waals surface area contributed by atoms with Gasteiger partial charge in [0, 0.05) is 25.7 Å². The Morgan fingerprint density at radius 1 is 1.08 bits per heavy atom. The van der Waals surface area contributed by atoms with E-state index in [4.69, 9.17) is 4.74 Å². The van der Waals surface area contributed by atoms with E-state index in [1.165, 1.54) is 0 Å². The van der Waals surface area contributed by atoms with Crippen LogP contribution >= 0.6 is 0 Å². The number of para-hydroxylation sites is 1. The molecule has 1 aromatic carbocycles. The van der Waals surface area contributed by atoms with E-state index in [-0.39, 0.29) is 11.4 Å². The predicted octanol–water partition coefficient (Wildman–Crippen LogP) is 2.74. The first kappa shape index (κ1) is 22.3. The summed E-state index contributed by atoms with van der Waals surface area (Å²) in [6.07, 6.45) is 0. The number of rotatable bonds is 6. The third-order valence-corrected chi connectivity index (χ3v) is 6.26. The number of benzene rings is 1. The summed E-state index contributed by atoms with van der Waals surface area (Å²) in [4.78, 5) is 4.15. The number of guanidine groups is 1. The van der Waals surface area contributed by atoms with Crippen molar-refractivity contribution in [1.82, 2.24) is 10.6 Å². The molecular weight excluding hydrogens is 350 g/mol. The number of nitrogens with one attached hydrogen (secondary N) is 2. The van der Waals surface area contributed by atoms with Crippen LogP contribution in [0.1, 0.15) is 47.1 Å². The predicted molar refractivity (Wildman–Crippen MR) is 109 cm³/mol. The van der Waals surface area contributed by atoms with Gasteiger partial charge < -0.3 is 15.4 Å². The van der Waals surface area contributed by atoms with Crippen molar-refractivity contribution >= 4 is 15.8 Å². The van der Waals surface area contributed by atoms with Gasteiger partial charge in [0.05, 0.1) is 10.5 Å². The van der Waals surface area contributed by atoms with Crippen molar-refractivity contribution in [1.29, 1.82) is 0 Å². The molecule has 0 aliphatic rings. The second kappa shape index (κ2) is 8.75. The van der Waals surface area contributed by atoms with Gasteiger partial charge in [-0.3, -0.25) is 4.99 Å². The van der Waals surface area contributed by atoms with Crippen molar-refractivity contribution in [3.05, 3.63) is 29.8 Å². The van der Waals surface area contributed by atoms with Crippen LogP contribution in [0.5, 0.6) is 5.75 Å². The fourth-order valence-electron chi connectivity index (χ4n) is 2.09. The summed E-state index contributed by atoms with van der Waals surface area (Å²) in [5.41, 5.74) is 0.727. The average Bonchev–Trinajstić information content (AvgIpc) is 2.49. The van der Waals surface area contributed by atoms with E-state index in [0.29, 0.717) is 19.0 Å². The molecule has 0 heterocycles. The van der Waals surface area contributed by atoms with Crippen LogP contribution in [-0.2, 0) is 16.4 Å². The van der Waals surface area contributed by atoms with Crippen molar-refractivity contribution in [2.75, 3.05) is 19.3 Å². The number of nitrogens with zero attached hydrogens (tertiary/aromatic N) is 1. The molecule has 148 valence electrons. The molecule has 0 aliphatic carbocycles. The number of sulfone groups is 1. The van der Waals surface area contributed by atoms with E-state index in [1.54, 1.807) is 27.8 Å². The lowest BCUT2D eigenvalue weighted by molar-refractivity contribution is 0.129. The standard InChI is InChI=1S/C19H33N3O3S/c1-18(2,3)25-16-11-9-8-10-15(16)14-22-17(20-7)21-12-13-26(23,24)19(4,5)6/h8-11H,12-14H2,1-7H3,(H2,20,21,22). The van der Waals surface area contributed by atoms with Crippen LogP contribution in [-0.4, -0.2) is 44.1 Å². The Hall–Kier alpha value is -1.76. The molecule has 0 bridgehead atoms. The maximum Gasteiger partial charge on any atom is 0.191 e. The van der Waals surface area contributed by atoms with Crippen molar-refractivity contribution in [2.24, 2.45) is 4.99 Å². The molecule has 1 aromatic rings. The molecule has 0 spiro atoms. The molecule has 7 heteroatoms. The molecule has 1 rings (SSSR count). The largest absolute Gasteiger partial charge is 0.488 e. The highest BCUT2D eigenvalue weighted by atomic mass is 32.2. The average molecular weight is 384 g/mol. The van der Waals surface area contributed by atoms with Gasteiger partial charge in [-0.05, 0) is 47.6 Å². The minimum absolute atomic E-state index is 0.0565. The summed E-state index contributed by atoms with van der Waals surface area (Å²) < 4.78 is 29.6. The second-order valence-electron chi connectivity index (χ2n) is 8.11. The highest BCUT2D eigenvalue weighted by Gasteiger charge is 2.28.